The molecule has 2 N–H and O–H groups in total. The van der Waals surface area contributed by atoms with Crippen molar-refractivity contribution >= 4 is 57.5 Å². The number of carboxylic acids is 1. The van der Waals surface area contributed by atoms with Crippen LogP contribution >= 0.6 is 23.2 Å². The van der Waals surface area contributed by atoms with Crippen molar-refractivity contribution in [2.75, 3.05) is 25.0 Å². The number of benzene rings is 2. The third-order valence-electron chi connectivity index (χ3n) is 10.2. The van der Waals surface area contributed by atoms with Crippen molar-refractivity contribution in [1.29, 1.82) is 0 Å². The molecule has 1 aromatic heterocycles. The number of nitrogens with one attached hydrogen (secondary N) is 1. The molecule has 1 atom stereocenters. The molecule has 246 valence electrons. The second kappa shape index (κ2) is 12.9. The van der Waals surface area contributed by atoms with Crippen LogP contribution in [-0.2, 0) is 27.8 Å². The predicted molar refractivity (Wildman–Crippen MR) is 179 cm³/mol. The van der Waals surface area contributed by atoms with E-state index in [1.54, 1.807) is 18.3 Å². The molecule has 2 aromatic carbocycles. The summed E-state index contributed by atoms with van der Waals surface area (Å²) in [4.78, 5) is 44.1. The second-order valence-corrected chi connectivity index (χ2v) is 14.4. The van der Waals surface area contributed by atoms with Crippen molar-refractivity contribution in [2.45, 2.75) is 82.7 Å². The Hall–Kier alpha value is -2.95. The number of aromatic nitrogens is 1. The van der Waals surface area contributed by atoms with Gasteiger partial charge in [-0.2, -0.15) is 0 Å². The molecule has 1 amide bonds. The van der Waals surface area contributed by atoms with Crippen molar-refractivity contribution in [3.05, 3.63) is 63.8 Å². The Labute approximate surface area is 279 Å². The van der Waals surface area contributed by atoms with Crippen LogP contribution in [0.5, 0.6) is 0 Å². The van der Waals surface area contributed by atoms with Gasteiger partial charge in [-0.1, -0.05) is 41.4 Å². The fourth-order valence-electron chi connectivity index (χ4n) is 7.43. The lowest BCUT2D eigenvalue weighted by molar-refractivity contribution is -0.294. The molecule has 2 saturated heterocycles. The summed E-state index contributed by atoms with van der Waals surface area (Å²) in [5.41, 5.74) is 2.12. The number of anilines is 1. The highest BCUT2D eigenvalue weighted by molar-refractivity contribution is 6.36. The van der Waals surface area contributed by atoms with E-state index in [2.05, 4.69) is 29.0 Å². The van der Waals surface area contributed by atoms with E-state index in [-0.39, 0.29) is 40.7 Å². The van der Waals surface area contributed by atoms with Crippen LogP contribution in [0.4, 0.5) is 5.69 Å². The Bertz CT molecular complexity index is 1660. The molecule has 1 aliphatic carbocycles. The predicted octanol–water partition coefficient (Wildman–Crippen LogP) is 6.74. The summed E-state index contributed by atoms with van der Waals surface area (Å²) >= 11 is 13.5. The number of ether oxygens (including phenoxy) is 1. The molecule has 2 aliphatic heterocycles. The lowest BCUT2D eigenvalue weighted by Gasteiger charge is -2.60. The lowest BCUT2D eigenvalue weighted by Crippen LogP contribution is -2.76. The highest BCUT2D eigenvalue weighted by Gasteiger charge is 2.59. The van der Waals surface area contributed by atoms with E-state index < -0.39 is 11.8 Å². The lowest BCUT2D eigenvalue weighted by atomic mass is 9.84. The Morgan fingerprint density at radius 1 is 1.02 bits per heavy atom. The van der Waals surface area contributed by atoms with Crippen LogP contribution < -0.4 is 5.32 Å². The summed E-state index contributed by atoms with van der Waals surface area (Å²) in [5, 5.41) is 13.9. The number of ketones is 1. The number of halogens is 2. The molecule has 1 saturated carbocycles. The average Bonchev–Trinajstić information content (AvgIpc) is 3.68. The number of Topliss-reactive ketones (excluding diaryl/α,β-unsaturated/α-hetero) is 1. The molecule has 3 heterocycles. The summed E-state index contributed by atoms with van der Waals surface area (Å²) in [6.45, 7) is 6.45. The van der Waals surface area contributed by atoms with Crippen LogP contribution in [0.3, 0.4) is 0 Å². The number of hydrogen-bond donors (Lipinski definition) is 2. The fourth-order valence-corrected chi connectivity index (χ4v) is 7.90. The van der Waals surface area contributed by atoms with Gasteiger partial charge in [0.05, 0.1) is 28.3 Å². The quantitative estimate of drug-likeness (QED) is 0.246. The summed E-state index contributed by atoms with van der Waals surface area (Å²) in [5.74, 6) is -2.87. The minimum Gasteiger partial charge on any atom is -0.481 e. The largest absolute Gasteiger partial charge is 0.481 e. The highest BCUT2D eigenvalue weighted by Crippen LogP contribution is 2.44. The Balaban J connectivity index is 1.27. The van der Waals surface area contributed by atoms with Crippen molar-refractivity contribution in [3.63, 3.8) is 0 Å². The zero-order valence-corrected chi connectivity index (χ0v) is 28.2. The van der Waals surface area contributed by atoms with Gasteiger partial charge in [0.25, 0.3) is 5.91 Å². The Kier molecular flexibility index (Phi) is 9.26. The molecule has 0 radical (unpaired) electrons. The van der Waals surface area contributed by atoms with E-state index in [1.165, 1.54) is 0 Å². The summed E-state index contributed by atoms with van der Waals surface area (Å²) in [6.07, 6.45) is 6.65. The molecule has 3 aliphatic rings. The number of nitrogens with zero attached hydrogens (tertiary/aromatic N) is 3. The van der Waals surface area contributed by atoms with Crippen LogP contribution in [0.15, 0.2) is 42.6 Å². The van der Waals surface area contributed by atoms with Crippen molar-refractivity contribution in [2.24, 2.45) is 13.0 Å². The normalized spacial score (nSPS) is 23.2. The van der Waals surface area contributed by atoms with E-state index in [1.807, 2.05) is 35.9 Å². The number of aliphatic carboxylic acids is 1. The topological polar surface area (TPSA) is 104 Å². The van der Waals surface area contributed by atoms with Gasteiger partial charge in [-0.25, -0.2) is 0 Å². The summed E-state index contributed by atoms with van der Waals surface area (Å²) < 4.78 is 8.87. The molecule has 0 bridgehead atoms. The average molecular weight is 670 g/mol. The maximum atomic E-state index is 14.8. The first-order valence-corrected chi connectivity index (χ1v) is 17.0. The number of carboxylic acid groups (broad SMARTS) is 1. The van der Waals surface area contributed by atoms with Gasteiger partial charge < -0.3 is 19.7 Å². The second-order valence-electron chi connectivity index (χ2n) is 13.6. The van der Waals surface area contributed by atoms with Gasteiger partial charge in [-0.15, -0.1) is 0 Å². The van der Waals surface area contributed by atoms with Crippen molar-refractivity contribution in [1.82, 2.24) is 14.4 Å². The van der Waals surface area contributed by atoms with Gasteiger partial charge >= 0.3 is 5.97 Å². The summed E-state index contributed by atoms with van der Waals surface area (Å²) in [7, 11) is 1.89. The first kappa shape index (κ1) is 33.0. The minimum atomic E-state index is -1.30. The van der Waals surface area contributed by atoms with Crippen LogP contribution in [0.2, 0.25) is 10.0 Å². The van der Waals surface area contributed by atoms with E-state index in [9.17, 15) is 19.5 Å². The number of rotatable bonds is 10. The summed E-state index contributed by atoms with van der Waals surface area (Å²) in [6, 6.07) is 10.9. The van der Waals surface area contributed by atoms with Gasteiger partial charge in [0, 0.05) is 60.8 Å². The third kappa shape index (κ3) is 6.08. The molecule has 0 spiro atoms. The Morgan fingerprint density at radius 2 is 1.72 bits per heavy atom. The fraction of sp³-hybridized carbons (Fsp3) is 0.514. The molecule has 3 aromatic rings. The van der Waals surface area contributed by atoms with Gasteiger partial charge in [-0.3, -0.25) is 24.2 Å². The Morgan fingerprint density at radius 3 is 2.35 bits per heavy atom. The zero-order chi connectivity index (χ0) is 32.8. The maximum absolute atomic E-state index is 14.8. The molecular formula is C35H42Cl2N4O5. The van der Waals surface area contributed by atoms with Crippen LogP contribution in [0.1, 0.15) is 74.7 Å². The molecule has 46 heavy (non-hydrogen) atoms. The molecule has 3 fully saturated rings. The number of para-hydroxylation sites is 1. The van der Waals surface area contributed by atoms with Crippen molar-refractivity contribution < 1.29 is 24.2 Å². The highest BCUT2D eigenvalue weighted by atomic mass is 35.5. The molecule has 6 rings (SSSR count). The number of aryl methyl sites for hydroxylation is 1. The maximum Gasteiger partial charge on any atom is 0.306 e. The number of amides is 1. The molecule has 9 nitrogen and oxygen atoms in total. The third-order valence-corrected chi connectivity index (χ3v) is 10.8. The number of likely N-dealkylation sites (tertiary alicyclic amines) is 2. The standard InChI is InChI=1S/C35H42Cl2N4O5/c1-34(2)14-17-41(34)35(40-15-6-7-16-40,46-24-12-10-22(11-13-24)33(44)45)31(42)19-23-18-28(37)29(20-27(23)36)38-32(43)26-21-39(3)30-9-5-4-8-25(26)30/h4-5,8-9,18,20-22,24H,6-7,10-17,19H2,1-3H3,(H,38,43)(H,44,45). The number of carbonyl (C=O) groups excluding carboxylic acids is 2. The molecule has 1 unspecified atom stereocenters. The van der Waals surface area contributed by atoms with Crippen molar-refractivity contribution in [3.8, 4) is 0 Å². The van der Waals surface area contributed by atoms with E-state index in [4.69, 9.17) is 27.9 Å². The monoisotopic (exact) mass is 668 g/mol. The van der Waals surface area contributed by atoms with E-state index >= 15 is 0 Å². The van der Waals surface area contributed by atoms with Gasteiger partial charge in [-0.05, 0) is 82.6 Å². The SMILES string of the molecule is Cn1cc(C(=O)Nc2cc(Cl)c(CC(=O)C(OC3CCC(C(=O)O)CC3)(N3CCCC3)N3CCC3(C)C)cc2Cl)c2ccccc21. The van der Waals surface area contributed by atoms with Gasteiger partial charge in [0.1, 0.15) is 0 Å². The molecular weight excluding hydrogens is 627 g/mol. The van der Waals surface area contributed by atoms with Crippen LogP contribution in [0.25, 0.3) is 10.9 Å². The van der Waals surface area contributed by atoms with Gasteiger partial charge in [0.2, 0.25) is 5.85 Å². The first-order valence-electron chi connectivity index (χ1n) is 16.2. The van der Waals surface area contributed by atoms with Gasteiger partial charge in [0.15, 0.2) is 5.78 Å². The zero-order valence-electron chi connectivity index (χ0n) is 26.7. The van der Waals surface area contributed by atoms with E-state index in [0.717, 1.165) is 43.3 Å². The number of hydrogen-bond acceptors (Lipinski definition) is 6. The molecule has 11 heteroatoms. The van der Waals surface area contributed by atoms with Crippen LogP contribution in [0, 0.1) is 5.92 Å². The number of fused-ring (bicyclic) bond motifs is 1. The van der Waals surface area contributed by atoms with Crippen LogP contribution in [-0.4, -0.2) is 74.3 Å². The van der Waals surface area contributed by atoms with E-state index in [0.29, 0.717) is 54.1 Å². The number of carbonyl (C=O) groups is 3. The smallest absolute Gasteiger partial charge is 0.306 e. The first-order chi connectivity index (χ1) is 21.9. The minimum absolute atomic E-state index is 0.0103.